The predicted molar refractivity (Wildman–Crippen MR) is 88.8 cm³/mol. The predicted octanol–water partition coefficient (Wildman–Crippen LogP) is 2.01. The average molecular weight is 343 g/mol. The van der Waals surface area contributed by atoms with E-state index >= 15 is 0 Å². The number of morpholine rings is 1. The lowest BCUT2D eigenvalue weighted by Gasteiger charge is -2.52. The highest BCUT2D eigenvalue weighted by Crippen LogP contribution is 2.55. The molecule has 2 aliphatic carbocycles. The van der Waals surface area contributed by atoms with E-state index in [4.69, 9.17) is 4.74 Å². The molecule has 3 fully saturated rings. The van der Waals surface area contributed by atoms with Gasteiger partial charge in [0, 0.05) is 6.54 Å². The standard InChI is InChI=1S/C17H29NO4S/c1-12(2)23(20,21)9-15(19)18-10-16(3,4)22-17(11-18)8-13-5-6-14(17)7-13/h12-14H,5-11H2,1-4H3/t13-,14+,17+/m1/s1. The summed E-state index contributed by atoms with van der Waals surface area (Å²) in [6.07, 6.45) is 4.66. The van der Waals surface area contributed by atoms with Crippen molar-refractivity contribution < 1.29 is 17.9 Å². The molecule has 1 aliphatic heterocycles. The van der Waals surface area contributed by atoms with Gasteiger partial charge in [0.1, 0.15) is 5.75 Å². The molecule has 1 heterocycles. The molecule has 2 bridgehead atoms. The molecular weight excluding hydrogens is 314 g/mol. The Labute approximate surface area is 139 Å². The molecular formula is C17H29NO4S. The molecule has 0 unspecified atom stereocenters. The van der Waals surface area contributed by atoms with E-state index in [1.165, 1.54) is 19.3 Å². The van der Waals surface area contributed by atoms with Gasteiger partial charge in [0.2, 0.25) is 5.91 Å². The van der Waals surface area contributed by atoms with Crippen LogP contribution in [0.4, 0.5) is 0 Å². The zero-order chi connectivity index (χ0) is 17.0. The normalized spacial score (nSPS) is 36.1. The third kappa shape index (κ3) is 3.16. The number of carbonyl (C=O) groups excluding carboxylic acids is 1. The number of ether oxygens (including phenoxy) is 1. The number of amides is 1. The van der Waals surface area contributed by atoms with Crippen LogP contribution in [0.2, 0.25) is 0 Å². The lowest BCUT2D eigenvalue weighted by Crippen LogP contribution is -2.63. The molecule has 5 nitrogen and oxygen atoms in total. The fraction of sp³-hybridized carbons (Fsp3) is 0.941. The molecule has 132 valence electrons. The van der Waals surface area contributed by atoms with Crippen LogP contribution in [-0.2, 0) is 19.4 Å². The van der Waals surface area contributed by atoms with E-state index in [1.807, 2.05) is 13.8 Å². The van der Waals surface area contributed by atoms with Crippen LogP contribution in [0.25, 0.3) is 0 Å². The third-order valence-corrected chi connectivity index (χ3v) is 7.91. The van der Waals surface area contributed by atoms with Crippen molar-refractivity contribution in [3.63, 3.8) is 0 Å². The van der Waals surface area contributed by atoms with Gasteiger partial charge < -0.3 is 9.64 Å². The molecule has 1 amide bonds. The monoisotopic (exact) mass is 343 g/mol. The minimum absolute atomic E-state index is 0.248. The van der Waals surface area contributed by atoms with Gasteiger partial charge in [-0.1, -0.05) is 0 Å². The Hall–Kier alpha value is -0.620. The summed E-state index contributed by atoms with van der Waals surface area (Å²) >= 11 is 0. The van der Waals surface area contributed by atoms with Crippen LogP contribution >= 0.6 is 0 Å². The van der Waals surface area contributed by atoms with Gasteiger partial charge >= 0.3 is 0 Å². The number of hydrogen-bond donors (Lipinski definition) is 0. The molecule has 1 spiro atoms. The van der Waals surface area contributed by atoms with Crippen molar-refractivity contribution in [2.75, 3.05) is 18.8 Å². The number of hydrogen-bond acceptors (Lipinski definition) is 4. The highest BCUT2D eigenvalue weighted by atomic mass is 32.2. The summed E-state index contributed by atoms with van der Waals surface area (Å²) in [4.78, 5) is 14.4. The summed E-state index contributed by atoms with van der Waals surface area (Å²) in [7, 11) is -3.36. The first-order chi connectivity index (χ1) is 10.5. The lowest BCUT2D eigenvalue weighted by molar-refractivity contribution is -0.217. The summed E-state index contributed by atoms with van der Waals surface area (Å²) in [6, 6.07) is 0. The van der Waals surface area contributed by atoms with Gasteiger partial charge in [-0.25, -0.2) is 8.42 Å². The highest BCUT2D eigenvalue weighted by Gasteiger charge is 2.57. The molecule has 3 aliphatic rings. The van der Waals surface area contributed by atoms with Crippen LogP contribution in [0.3, 0.4) is 0 Å². The van der Waals surface area contributed by atoms with Gasteiger partial charge in [0.05, 0.1) is 23.0 Å². The van der Waals surface area contributed by atoms with Crippen LogP contribution < -0.4 is 0 Å². The molecule has 1 saturated heterocycles. The molecule has 0 N–H and O–H groups in total. The molecule has 6 heteroatoms. The third-order valence-electron chi connectivity index (χ3n) is 5.82. The molecule has 2 saturated carbocycles. The second-order valence-electron chi connectivity index (χ2n) is 8.61. The molecule has 0 radical (unpaired) electrons. The van der Waals surface area contributed by atoms with Crippen LogP contribution in [0, 0.1) is 11.8 Å². The minimum atomic E-state index is -3.36. The maximum atomic E-state index is 12.6. The van der Waals surface area contributed by atoms with Crippen molar-refractivity contribution in [3.8, 4) is 0 Å². The van der Waals surface area contributed by atoms with Crippen molar-refractivity contribution >= 4 is 15.7 Å². The molecule has 23 heavy (non-hydrogen) atoms. The van der Waals surface area contributed by atoms with Gasteiger partial charge in [-0.2, -0.15) is 0 Å². The van der Waals surface area contributed by atoms with Gasteiger partial charge in [-0.3, -0.25) is 4.79 Å². The van der Waals surface area contributed by atoms with E-state index in [9.17, 15) is 13.2 Å². The first kappa shape index (κ1) is 17.2. The van der Waals surface area contributed by atoms with E-state index < -0.39 is 20.7 Å². The van der Waals surface area contributed by atoms with Gasteiger partial charge in [0.15, 0.2) is 9.84 Å². The summed E-state index contributed by atoms with van der Waals surface area (Å²) < 4.78 is 30.7. The second-order valence-corrected chi connectivity index (χ2v) is 11.2. The van der Waals surface area contributed by atoms with Crippen molar-refractivity contribution in [1.82, 2.24) is 4.90 Å². The molecule has 0 aromatic carbocycles. The van der Waals surface area contributed by atoms with Crippen molar-refractivity contribution in [2.24, 2.45) is 11.8 Å². The SMILES string of the molecule is CC(C)S(=O)(=O)CC(=O)N1CC(C)(C)O[C@@]2(C[C@@H]3CC[C@H]2C3)C1. The van der Waals surface area contributed by atoms with E-state index in [-0.39, 0.29) is 17.3 Å². The first-order valence-electron chi connectivity index (χ1n) is 8.72. The quantitative estimate of drug-likeness (QED) is 0.786. The van der Waals surface area contributed by atoms with Crippen molar-refractivity contribution in [1.29, 1.82) is 0 Å². The summed E-state index contributed by atoms with van der Waals surface area (Å²) in [5.74, 6) is 0.580. The molecule has 3 atom stereocenters. The van der Waals surface area contributed by atoms with Crippen LogP contribution in [-0.4, -0.2) is 54.5 Å². The van der Waals surface area contributed by atoms with Crippen molar-refractivity contribution in [2.45, 2.75) is 69.8 Å². The van der Waals surface area contributed by atoms with Crippen LogP contribution in [0.5, 0.6) is 0 Å². The van der Waals surface area contributed by atoms with Crippen LogP contribution in [0.15, 0.2) is 0 Å². The summed E-state index contributed by atoms with van der Waals surface area (Å²) in [5.41, 5.74) is -0.665. The molecule has 0 aromatic heterocycles. The largest absolute Gasteiger partial charge is 0.365 e. The average Bonchev–Trinajstić information content (AvgIpc) is 2.96. The molecule has 3 rings (SSSR count). The van der Waals surface area contributed by atoms with E-state index in [1.54, 1.807) is 18.7 Å². The number of rotatable bonds is 3. The lowest BCUT2D eigenvalue weighted by atomic mass is 9.81. The van der Waals surface area contributed by atoms with E-state index in [0.29, 0.717) is 24.9 Å². The van der Waals surface area contributed by atoms with Crippen molar-refractivity contribution in [3.05, 3.63) is 0 Å². The Morgan fingerprint density at radius 2 is 1.96 bits per heavy atom. The van der Waals surface area contributed by atoms with E-state index in [0.717, 1.165) is 6.42 Å². The Bertz CT molecular complexity index is 598. The van der Waals surface area contributed by atoms with Crippen LogP contribution in [0.1, 0.15) is 53.4 Å². The number of fused-ring (bicyclic) bond motifs is 3. The van der Waals surface area contributed by atoms with E-state index in [2.05, 4.69) is 0 Å². The first-order valence-corrected chi connectivity index (χ1v) is 10.4. The Morgan fingerprint density at radius 1 is 1.26 bits per heavy atom. The number of sulfone groups is 1. The zero-order valence-corrected chi connectivity index (χ0v) is 15.5. The fourth-order valence-electron chi connectivity index (χ4n) is 4.77. The zero-order valence-electron chi connectivity index (χ0n) is 14.7. The maximum absolute atomic E-state index is 12.6. The van der Waals surface area contributed by atoms with Gasteiger partial charge in [-0.05, 0) is 65.2 Å². The Kier molecular flexibility index (Phi) is 4.08. The number of nitrogens with zero attached hydrogens (tertiary/aromatic N) is 1. The summed E-state index contributed by atoms with van der Waals surface area (Å²) in [5, 5.41) is -0.517. The highest BCUT2D eigenvalue weighted by molar-refractivity contribution is 7.92. The minimum Gasteiger partial charge on any atom is -0.365 e. The fourth-order valence-corrected chi connectivity index (χ4v) is 5.63. The Morgan fingerprint density at radius 3 is 2.48 bits per heavy atom. The van der Waals surface area contributed by atoms with Gasteiger partial charge in [-0.15, -0.1) is 0 Å². The molecule has 0 aromatic rings. The number of carbonyl (C=O) groups is 1. The summed E-state index contributed by atoms with van der Waals surface area (Å²) in [6.45, 7) is 8.31. The second kappa shape index (κ2) is 5.45. The maximum Gasteiger partial charge on any atom is 0.237 e. The van der Waals surface area contributed by atoms with Gasteiger partial charge in [0.25, 0.3) is 0 Å². The Balaban J connectivity index is 1.79. The smallest absolute Gasteiger partial charge is 0.237 e. The topological polar surface area (TPSA) is 63.7 Å².